The van der Waals surface area contributed by atoms with Crippen LogP contribution in [0, 0.1) is 27.7 Å². The summed E-state index contributed by atoms with van der Waals surface area (Å²) in [5.74, 6) is 2.34. The van der Waals surface area contributed by atoms with E-state index in [1.807, 2.05) is 37.4 Å². The second kappa shape index (κ2) is 8.87. The molecule has 0 amide bonds. The van der Waals surface area contributed by atoms with Crippen LogP contribution in [0.4, 0.5) is 0 Å². The first-order chi connectivity index (χ1) is 16.0. The van der Waals surface area contributed by atoms with Crippen molar-refractivity contribution in [2.75, 3.05) is 0 Å². The molecule has 0 unspecified atom stereocenters. The lowest BCUT2D eigenvalue weighted by atomic mass is 10.1. The molecular weight excluding hydrogens is 428 g/mol. The molecule has 0 bridgehead atoms. The summed E-state index contributed by atoms with van der Waals surface area (Å²) in [7, 11) is 0. The number of benzene rings is 2. The van der Waals surface area contributed by atoms with Gasteiger partial charge in [-0.2, -0.15) is 0 Å². The van der Waals surface area contributed by atoms with E-state index in [0.29, 0.717) is 12.4 Å². The van der Waals surface area contributed by atoms with Crippen molar-refractivity contribution in [1.82, 2.24) is 19.5 Å². The molecule has 0 saturated carbocycles. The van der Waals surface area contributed by atoms with Gasteiger partial charge in [-0.25, -0.2) is 9.97 Å². The highest BCUT2D eigenvalue weighted by Gasteiger charge is 2.18. The largest absolute Gasteiger partial charge is 0.441 e. The van der Waals surface area contributed by atoms with Gasteiger partial charge in [-0.1, -0.05) is 53.7 Å². The SMILES string of the molecule is Cc1ccc(C)c(CSc2nc3ccncc3n2Cc2nc(-c3ccccc3C)oc2C)c1. The van der Waals surface area contributed by atoms with Crippen LogP contribution in [-0.4, -0.2) is 19.5 Å². The Labute approximate surface area is 197 Å². The summed E-state index contributed by atoms with van der Waals surface area (Å²) in [5.41, 5.74) is 8.92. The first-order valence-corrected chi connectivity index (χ1v) is 12.0. The third kappa shape index (κ3) is 4.31. The van der Waals surface area contributed by atoms with Gasteiger partial charge in [-0.05, 0) is 56.5 Å². The normalized spacial score (nSPS) is 11.4. The van der Waals surface area contributed by atoms with Crippen molar-refractivity contribution >= 4 is 22.8 Å². The van der Waals surface area contributed by atoms with E-state index >= 15 is 0 Å². The van der Waals surface area contributed by atoms with E-state index in [0.717, 1.165) is 44.5 Å². The molecule has 0 aliphatic carbocycles. The predicted molar refractivity (Wildman–Crippen MR) is 134 cm³/mol. The average molecular weight is 455 g/mol. The Hall–Kier alpha value is -3.38. The maximum atomic E-state index is 6.07. The number of thioether (sulfide) groups is 1. The maximum absolute atomic E-state index is 6.07. The quantitative estimate of drug-likeness (QED) is 0.269. The summed E-state index contributed by atoms with van der Waals surface area (Å²) in [5, 5.41) is 0.957. The Morgan fingerprint density at radius 1 is 0.939 bits per heavy atom. The van der Waals surface area contributed by atoms with Crippen LogP contribution in [0.5, 0.6) is 0 Å². The fourth-order valence-corrected chi connectivity index (χ4v) is 5.04. The van der Waals surface area contributed by atoms with Crippen molar-refractivity contribution in [3.8, 4) is 11.5 Å². The lowest BCUT2D eigenvalue weighted by Gasteiger charge is -2.09. The van der Waals surface area contributed by atoms with Gasteiger partial charge in [-0.3, -0.25) is 4.98 Å². The minimum atomic E-state index is 0.582. The monoisotopic (exact) mass is 454 g/mol. The molecule has 5 aromatic rings. The maximum Gasteiger partial charge on any atom is 0.226 e. The Morgan fingerprint density at radius 2 is 1.79 bits per heavy atom. The molecule has 0 fully saturated rings. The van der Waals surface area contributed by atoms with Crippen molar-refractivity contribution in [2.45, 2.75) is 45.1 Å². The molecule has 166 valence electrons. The van der Waals surface area contributed by atoms with Gasteiger partial charge in [0, 0.05) is 17.5 Å². The number of oxazole rings is 1. The second-order valence-electron chi connectivity index (χ2n) is 8.40. The molecule has 0 atom stereocenters. The minimum Gasteiger partial charge on any atom is -0.441 e. The molecule has 0 aliphatic heterocycles. The smallest absolute Gasteiger partial charge is 0.226 e. The predicted octanol–water partition coefficient (Wildman–Crippen LogP) is 6.66. The summed E-state index contributed by atoms with van der Waals surface area (Å²) < 4.78 is 8.27. The zero-order valence-corrected chi connectivity index (χ0v) is 20.1. The zero-order chi connectivity index (χ0) is 22.9. The van der Waals surface area contributed by atoms with Crippen molar-refractivity contribution in [2.24, 2.45) is 0 Å². The summed E-state index contributed by atoms with van der Waals surface area (Å²) >= 11 is 1.75. The molecule has 0 N–H and O–H groups in total. The molecule has 0 aliphatic rings. The molecule has 5 rings (SSSR count). The van der Waals surface area contributed by atoms with E-state index < -0.39 is 0 Å². The van der Waals surface area contributed by atoms with Crippen LogP contribution in [0.3, 0.4) is 0 Å². The van der Waals surface area contributed by atoms with Gasteiger partial charge < -0.3 is 8.98 Å². The van der Waals surface area contributed by atoms with E-state index in [-0.39, 0.29) is 0 Å². The lowest BCUT2D eigenvalue weighted by molar-refractivity contribution is 0.537. The number of hydrogen-bond acceptors (Lipinski definition) is 5. The van der Waals surface area contributed by atoms with Gasteiger partial charge in [0.25, 0.3) is 0 Å². The molecule has 0 radical (unpaired) electrons. The number of imidazole rings is 1. The van der Waals surface area contributed by atoms with Gasteiger partial charge in [0.15, 0.2) is 5.16 Å². The van der Waals surface area contributed by atoms with Crippen LogP contribution in [0.15, 0.2) is 70.5 Å². The first-order valence-electron chi connectivity index (χ1n) is 11.0. The van der Waals surface area contributed by atoms with Crippen molar-refractivity contribution in [1.29, 1.82) is 0 Å². The van der Waals surface area contributed by atoms with Crippen LogP contribution < -0.4 is 0 Å². The van der Waals surface area contributed by atoms with Crippen molar-refractivity contribution in [3.63, 3.8) is 0 Å². The van der Waals surface area contributed by atoms with Crippen LogP contribution in [-0.2, 0) is 12.3 Å². The van der Waals surface area contributed by atoms with Gasteiger partial charge in [0.2, 0.25) is 5.89 Å². The van der Waals surface area contributed by atoms with Gasteiger partial charge in [0.1, 0.15) is 11.5 Å². The van der Waals surface area contributed by atoms with Crippen LogP contribution >= 0.6 is 11.8 Å². The highest BCUT2D eigenvalue weighted by Crippen LogP contribution is 2.30. The topological polar surface area (TPSA) is 56.7 Å². The van der Waals surface area contributed by atoms with Gasteiger partial charge in [0.05, 0.1) is 23.8 Å². The Morgan fingerprint density at radius 3 is 2.64 bits per heavy atom. The van der Waals surface area contributed by atoms with Crippen molar-refractivity contribution < 1.29 is 4.42 Å². The number of aryl methyl sites for hydroxylation is 4. The van der Waals surface area contributed by atoms with Crippen LogP contribution in [0.25, 0.3) is 22.5 Å². The highest BCUT2D eigenvalue weighted by atomic mass is 32.2. The zero-order valence-electron chi connectivity index (χ0n) is 19.3. The third-order valence-corrected chi connectivity index (χ3v) is 6.98. The van der Waals surface area contributed by atoms with E-state index in [1.54, 1.807) is 18.0 Å². The standard InChI is InChI=1S/C27H26N4OS/c1-17-9-10-18(2)21(13-17)16-33-27-30-23-11-12-28-14-25(23)31(27)15-24-20(4)32-26(29-24)22-8-6-5-7-19(22)3/h5-14H,15-16H2,1-4H3. The molecule has 0 spiro atoms. The fourth-order valence-electron chi connectivity index (χ4n) is 3.96. The molecule has 3 aromatic heterocycles. The highest BCUT2D eigenvalue weighted by molar-refractivity contribution is 7.98. The van der Waals surface area contributed by atoms with Gasteiger partial charge >= 0.3 is 0 Å². The Balaban J connectivity index is 1.49. The van der Waals surface area contributed by atoms with E-state index in [2.05, 4.69) is 54.6 Å². The summed E-state index contributed by atoms with van der Waals surface area (Å²) in [6, 6.07) is 16.7. The van der Waals surface area contributed by atoms with Crippen LogP contribution in [0.2, 0.25) is 0 Å². The molecule has 33 heavy (non-hydrogen) atoms. The molecule has 3 heterocycles. The van der Waals surface area contributed by atoms with E-state index in [1.165, 1.54) is 16.7 Å². The number of aromatic nitrogens is 4. The number of hydrogen-bond donors (Lipinski definition) is 0. The molecule has 6 heteroatoms. The molecule has 5 nitrogen and oxygen atoms in total. The first kappa shape index (κ1) is 21.5. The Bertz CT molecular complexity index is 1450. The van der Waals surface area contributed by atoms with Crippen molar-refractivity contribution in [3.05, 3.63) is 94.6 Å². The Kier molecular flexibility index (Phi) is 5.77. The van der Waals surface area contributed by atoms with E-state index in [4.69, 9.17) is 14.4 Å². The number of nitrogens with zero attached hydrogens (tertiary/aromatic N) is 4. The number of fused-ring (bicyclic) bond motifs is 1. The summed E-state index contributed by atoms with van der Waals surface area (Å²) in [4.78, 5) is 14.1. The van der Waals surface area contributed by atoms with Crippen LogP contribution in [0.1, 0.15) is 33.7 Å². The average Bonchev–Trinajstić information content (AvgIpc) is 3.35. The third-order valence-electron chi connectivity index (χ3n) is 5.95. The summed E-state index contributed by atoms with van der Waals surface area (Å²) in [6.45, 7) is 8.93. The number of pyridine rings is 1. The molecule has 2 aromatic carbocycles. The molecular formula is C27H26N4OS. The lowest BCUT2D eigenvalue weighted by Crippen LogP contribution is -2.04. The second-order valence-corrected chi connectivity index (χ2v) is 9.34. The fraction of sp³-hybridized carbons (Fsp3) is 0.222. The number of rotatable bonds is 6. The van der Waals surface area contributed by atoms with Gasteiger partial charge in [-0.15, -0.1) is 0 Å². The minimum absolute atomic E-state index is 0.582. The summed E-state index contributed by atoms with van der Waals surface area (Å²) in [6.07, 6.45) is 3.67. The van der Waals surface area contributed by atoms with E-state index in [9.17, 15) is 0 Å². The molecule has 0 saturated heterocycles.